The number of aromatic nitrogens is 5. The summed E-state index contributed by atoms with van der Waals surface area (Å²) in [4.78, 5) is 17.1. The molecule has 1 amide bonds. The molecule has 0 aliphatic heterocycles. The number of amides is 1. The standard InChI is InChI=1S/C21H14N6OS/c28-20(18-12-29-21(24-18)14-5-2-1-3-6-14)23-16-8-4-7-15(11-16)17-9-10-19-25-22-13-27(19)26-17/h1-13H,(H,23,28). The van der Waals surface area contributed by atoms with Gasteiger partial charge in [-0.3, -0.25) is 4.79 Å². The maximum absolute atomic E-state index is 12.6. The highest BCUT2D eigenvalue weighted by atomic mass is 32.1. The predicted molar refractivity (Wildman–Crippen MR) is 112 cm³/mol. The van der Waals surface area contributed by atoms with Crippen LogP contribution in [0.4, 0.5) is 5.69 Å². The Balaban J connectivity index is 1.37. The Bertz CT molecular complexity index is 1310. The monoisotopic (exact) mass is 398 g/mol. The Hall–Kier alpha value is -3.91. The first-order valence-corrected chi connectivity index (χ1v) is 9.74. The second-order valence-electron chi connectivity index (χ2n) is 6.29. The average molecular weight is 398 g/mol. The summed E-state index contributed by atoms with van der Waals surface area (Å²) in [6.45, 7) is 0. The fourth-order valence-corrected chi connectivity index (χ4v) is 3.73. The third kappa shape index (κ3) is 3.48. The Morgan fingerprint density at radius 3 is 2.72 bits per heavy atom. The quantitative estimate of drug-likeness (QED) is 0.491. The van der Waals surface area contributed by atoms with Gasteiger partial charge in [-0.1, -0.05) is 42.5 Å². The van der Waals surface area contributed by atoms with Gasteiger partial charge in [0.25, 0.3) is 5.91 Å². The summed E-state index contributed by atoms with van der Waals surface area (Å²) in [5.41, 5.74) is 4.37. The number of anilines is 1. The van der Waals surface area contributed by atoms with Gasteiger partial charge in [-0.25, -0.2) is 4.98 Å². The molecule has 0 bridgehead atoms. The van der Waals surface area contributed by atoms with Crippen LogP contribution in [0.25, 0.3) is 27.5 Å². The van der Waals surface area contributed by atoms with Crippen LogP contribution >= 0.6 is 11.3 Å². The summed E-state index contributed by atoms with van der Waals surface area (Å²) in [6.07, 6.45) is 1.55. The van der Waals surface area contributed by atoms with E-state index < -0.39 is 0 Å². The van der Waals surface area contributed by atoms with Crippen molar-refractivity contribution in [1.82, 2.24) is 24.8 Å². The summed E-state index contributed by atoms with van der Waals surface area (Å²) in [7, 11) is 0. The van der Waals surface area contributed by atoms with Crippen molar-refractivity contribution in [3.05, 3.63) is 84.1 Å². The van der Waals surface area contributed by atoms with Crippen molar-refractivity contribution in [2.24, 2.45) is 0 Å². The van der Waals surface area contributed by atoms with E-state index in [1.807, 2.05) is 66.7 Å². The van der Waals surface area contributed by atoms with Gasteiger partial charge in [0.15, 0.2) is 5.65 Å². The number of fused-ring (bicyclic) bond motifs is 1. The molecule has 0 spiro atoms. The molecule has 3 aromatic heterocycles. The minimum Gasteiger partial charge on any atom is -0.321 e. The molecule has 0 aliphatic carbocycles. The van der Waals surface area contributed by atoms with Gasteiger partial charge >= 0.3 is 0 Å². The van der Waals surface area contributed by atoms with Crippen molar-refractivity contribution in [2.45, 2.75) is 0 Å². The molecule has 7 nitrogen and oxygen atoms in total. The molecule has 5 rings (SSSR count). The summed E-state index contributed by atoms with van der Waals surface area (Å²) in [5.74, 6) is -0.247. The van der Waals surface area contributed by atoms with Gasteiger partial charge in [-0.2, -0.15) is 9.61 Å². The molecule has 0 saturated heterocycles. The molecule has 1 N–H and O–H groups in total. The number of rotatable bonds is 4. The first-order valence-electron chi connectivity index (χ1n) is 8.86. The number of nitrogens with one attached hydrogen (secondary N) is 1. The van der Waals surface area contributed by atoms with Gasteiger partial charge in [0.1, 0.15) is 17.0 Å². The molecule has 29 heavy (non-hydrogen) atoms. The SMILES string of the molecule is O=C(Nc1cccc(-c2ccc3nncn3n2)c1)c1csc(-c2ccccc2)n1. The van der Waals surface area contributed by atoms with E-state index in [9.17, 15) is 4.79 Å². The van der Waals surface area contributed by atoms with E-state index in [0.29, 0.717) is 17.0 Å². The van der Waals surface area contributed by atoms with Crippen LogP contribution in [-0.4, -0.2) is 30.7 Å². The van der Waals surface area contributed by atoms with E-state index in [4.69, 9.17) is 0 Å². The van der Waals surface area contributed by atoms with Gasteiger partial charge in [-0.15, -0.1) is 21.5 Å². The molecule has 5 aromatic rings. The first-order chi connectivity index (χ1) is 14.3. The minimum absolute atomic E-state index is 0.247. The van der Waals surface area contributed by atoms with Crippen LogP contribution in [0.15, 0.2) is 78.4 Å². The Morgan fingerprint density at radius 2 is 1.83 bits per heavy atom. The van der Waals surface area contributed by atoms with E-state index >= 15 is 0 Å². The lowest BCUT2D eigenvalue weighted by Crippen LogP contribution is -2.12. The number of carbonyl (C=O) groups excluding carboxylic acids is 1. The third-order valence-corrected chi connectivity index (χ3v) is 5.23. The van der Waals surface area contributed by atoms with Crippen molar-refractivity contribution in [3.8, 4) is 21.8 Å². The summed E-state index contributed by atoms with van der Waals surface area (Å²) in [5, 5.41) is 17.8. The fourth-order valence-electron chi connectivity index (χ4n) is 2.93. The first kappa shape index (κ1) is 17.2. The van der Waals surface area contributed by atoms with Crippen LogP contribution in [0.5, 0.6) is 0 Å². The highest BCUT2D eigenvalue weighted by molar-refractivity contribution is 7.13. The Labute approximate surface area is 169 Å². The Morgan fingerprint density at radius 1 is 0.966 bits per heavy atom. The maximum atomic E-state index is 12.6. The number of hydrogen-bond donors (Lipinski definition) is 1. The molecule has 3 heterocycles. The molecule has 140 valence electrons. The lowest BCUT2D eigenvalue weighted by Gasteiger charge is -2.06. The zero-order valence-corrected chi connectivity index (χ0v) is 15.9. The average Bonchev–Trinajstić information content (AvgIpc) is 3.44. The van der Waals surface area contributed by atoms with Crippen LogP contribution in [-0.2, 0) is 0 Å². The van der Waals surface area contributed by atoms with Gasteiger partial charge in [0.05, 0.1) is 5.69 Å². The number of benzene rings is 2. The maximum Gasteiger partial charge on any atom is 0.275 e. The van der Waals surface area contributed by atoms with Crippen LogP contribution in [0.2, 0.25) is 0 Å². The van der Waals surface area contributed by atoms with E-state index in [1.165, 1.54) is 11.3 Å². The molecule has 0 radical (unpaired) electrons. The number of thiazole rings is 1. The van der Waals surface area contributed by atoms with Crippen molar-refractivity contribution in [3.63, 3.8) is 0 Å². The molecule has 0 unspecified atom stereocenters. The molecule has 2 aromatic carbocycles. The molecule has 0 aliphatic rings. The second kappa shape index (κ2) is 7.25. The van der Waals surface area contributed by atoms with Crippen molar-refractivity contribution < 1.29 is 4.79 Å². The van der Waals surface area contributed by atoms with Crippen molar-refractivity contribution >= 4 is 28.6 Å². The molecular formula is C21H14N6OS. The summed E-state index contributed by atoms with van der Waals surface area (Å²) in [6, 6.07) is 21.0. The molecule has 0 fully saturated rings. The highest BCUT2D eigenvalue weighted by Gasteiger charge is 2.13. The summed E-state index contributed by atoms with van der Waals surface area (Å²) < 4.78 is 1.61. The number of hydrogen-bond acceptors (Lipinski definition) is 6. The van der Waals surface area contributed by atoms with Crippen molar-refractivity contribution in [1.29, 1.82) is 0 Å². The van der Waals surface area contributed by atoms with Crippen LogP contribution in [0.1, 0.15) is 10.5 Å². The highest BCUT2D eigenvalue weighted by Crippen LogP contribution is 2.25. The Kier molecular flexibility index (Phi) is 4.30. The number of nitrogens with zero attached hydrogens (tertiary/aromatic N) is 5. The van der Waals surface area contributed by atoms with Gasteiger partial charge < -0.3 is 5.32 Å². The predicted octanol–water partition coefficient (Wildman–Crippen LogP) is 4.17. The largest absolute Gasteiger partial charge is 0.321 e. The van der Waals surface area contributed by atoms with Crippen molar-refractivity contribution in [2.75, 3.05) is 5.32 Å². The zero-order valence-electron chi connectivity index (χ0n) is 15.1. The molecule has 0 atom stereocenters. The lowest BCUT2D eigenvalue weighted by atomic mass is 10.1. The smallest absolute Gasteiger partial charge is 0.275 e. The van der Waals surface area contributed by atoms with Crippen LogP contribution < -0.4 is 5.32 Å². The second-order valence-corrected chi connectivity index (χ2v) is 7.15. The molecular weight excluding hydrogens is 384 g/mol. The van der Waals surface area contributed by atoms with E-state index in [-0.39, 0.29) is 5.91 Å². The third-order valence-electron chi connectivity index (χ3n) is 4.34. The van der Waals surface area contributed by atoms with Gasteiger partial charge in [0, 0.05) is 22.2 Å². The van der Waals surface area contributed by atoms with E-state index in [2.05, 4.69) is 25.6 Å². The fraction of sp³-hybridized carbons (Fsp3) is 0. The minimum atomic E-state index is -0.247. The van der Waals surface area contributed by atoms with Crippen LogP contribution in [0, 0.1) is 0 Å². The van der Waals surface area contributed by atoms with Gasteiger partial charge in [0.2, 0.25) is 0 Å². The van der Waals surface area contributed by atoms with Crippen LogP contribution in [0.3, 0.4) is 0 Å². The van der Waals surface area contributed by atoms with Gasteiger partial charge in [-0.05, 0) is 24.3 Å². The topological polar surface area (TPSA) is 85.1 Å². The number of carbonyl (C=O) groups is 1. The normalized spacial score (nSPS) is 10.9. The summed E-state index contributed by atoms with van der Waals surface area (Å²) >= 11 is 1.45. The molecule has 8 heteroatoms. The van der Waals surface area contributed by atoms with E-state index in [1.54, 1.807) is 16.2 Å². The zero-order chi connectivity index (χ0) is 19.6. The lowest BCUT2D eigenvalue weighted by molar-refractivity contribution is 0.102. The van der Waals surface area contributed by atoms with E-state index in [0.717, 1.165) is 21.8 Å². The molecule has 0 saturated carbocycles.